The van der Waals surface area contributed by atoms with E-state index in [1.54, 1.807) is 18.5 Å². The zero-order valence-electron chi connectivity index (χ0n) is 18.5. The Morgan fingerprint density at radius 1 is 1.03 bits per heavy atom. The minimum atomic E-state index is -1.09. The molecule has 0 unspecified atom stereocenters. The summed E-state index contributed by atoms with van der Waals surface area (Å²) >= 11 is 5.49. The summed E-state index contributed by atoms with van der Waals surface area (Å²) in [5, 5.41) is 0. The molecule has 3 heterocycles. The van der Waals surface area contributed by atoms with Gasteiger partial charge in [-0.25, -0.2) is 9.78 Å². The highest BCUT2D eigenvalue weighted by atomic mass is 32.1. The van der Waals surface area contributed by atoms with Crippen molar-refractivity contribution in [2.24, 2.45) is 14.1 Å². The van der Waals surface area contributed by atoms with Crippen LogP contribution in [-0.2, 0) is 47.4 Å². The fourth-order valence-corrected chi connectivity index (χ4v) is 4.00. The molecule has 0 aliphatic carbocycles. The molecular weight excluding hydrogens is 444 g/mol. The van der Waals surface area contributed by atoms with Gasteiger partial charge in [0.25, 0.3) is 0 Å². The second-order valence-electron chi connectivity index (χ2n) is 7.42. The Kier molecular flexibility index (Phi) is 6.51. The van der Waals surface area contributed by atoms with Crippen LogP contribution in [0.25, 0.3) is 11.2 Å². The van der Waals surface area contributed by atoms with Gasteiger partial charge in [0.05, 0.1) is 0 Å². The fourth-order valence-electron chi connectivity index (χ4n) is 3.74. The summed E-state index contributed by atoms with van der Waals surface area (Å²) in [7, 11) is 3.08. The number of aromatic nitrogens is 4. The molecule has 2 aromatic rings. The monoisotopic (exact) mass is 468 g/mol. The zero-order valence-corrected chi connectivity index (χ0v) is 19.3. The number of carbonyl (C=O) groups is 3. The first-order valence-corrected chi connectivity index (χ1v) is 10.1. The summed E-state index contributed by atoms with van der Waals surface area (Å²) in [6.45, 7) is 5.08. The minimum Gasteiger partial charge on any atom is -0.463 e. The molecule has 0 bridgehead atoms. The molecule has 1 aliphatic heterocycles. The van der Waals surface area contributed by atoms with Crippen LogP contribution in [0.15, 0.2) is 4.79 Å². The quantitative estimate of drug-likeness (QED) is 0.346. The van der Waals surface area contributed by atoms with E-state index in [1.165, 1.54) is 37.0 Å². The van der Waals surface area contributed by atoms with Gasteiger partial charge >= 0.3 is 23.6 Å². The number of nitrogens with zero attached hydrogens (tertiary/aromatic N) is 4. The number of hydrogen-bond acceptors (Lipinski definition) is 10. The highest BCUT2D eigenvalue weighted by molar-refractivity contribution is 7.71. The minimum absolute atomic E-state index is 0.196. The first-order valence-electron chi connectivity index (χ1n) is 9.71. The molecule has 0 spiro atoms. The largest absolute Gasteiger partial charge is 0.463 e. The fraction of sp³-hybridized carbons (Fsp3) is 0.579. The standard InChI is InChI=1S/C19H24N4O8S/c1-8-20-16-13(18(32)22(6)19(27)21(16)5)23(8)17-15(30-11(4)26)14(29-10(3)25)12(31-17)7-28-9(2)24/h12,14-15,17H,7H2,1-6H3/t12-,14-,15-,17-/m1/s1. The molecule has 0 aromatic carbocycles. The summed E-state index contributed by atoms with van der Waals surface area (Å²) in [5.41, 5.74) is 0.355. The molecule has 174 valence electrons. The van der Waals surface area contributed by atoms with Crippen molar-refractivity contribution >= 4 is 41.3 Å². The van der Waals surface area contributed by atoms with Crippen LogP contribution in [0.2, 0.25) is 0 Å². The molecule has 13 heteroatoms. The summed E-state index contributed by atoms with van der Waals surface area (Å²) < 4.78 is 26.4. The number of hydrogen-bond donors (Lipinski definition) is 0. The number of aryl methyl sites for hydroxylation is 2. The van der Waals surface area contributed by atoms with E-state index in [-0.39, 0.29) is 16.9 Å². The van der Waals surface area contributed by atoms with E-state index in [2.05, 4.69) is 4.98 Å². The van der Waals surface area contributed by atoms with E-state index in [4.69, 9.17) is 31.2 Å². The average molecular weight is 468 g/mol. The van der Waals surface area contributed by atoms with Gasteiger partial charge < -0.3 is 18.9 Å². The molecule has 12 nitrogen and oxygen atoms in total. The molecule has 1 aliphatic rings. The van der Waals surface area contributed by atoms with Crippen LogP contribution < -0.4 is 5.69 Å². The van der Waals surface area contributed by atoms with Crippen molar-refractivity contribution in [3.8, 4) is 0 Å². The van der Waals surface area contributed by atoms with E-state index < -0.39 is 42.4 Å². The van der Waals surface area contributed by atoms with Crippen LogP contribution in [0.1, 0.15) is 32.8 Å². The summed E-state index contributed by atoms with van der Waals surface area (Å²) in [4.78, 5) is 51.9. The summed E-state index contributed by atoms with van der Waals surface area (Å²) in [6, 6.07) is 0. The van der Waals surface area contributed by atoms with Crippen molar-refractivity contribution < 1.29 is 33.3 Å². The third-order valence-electron chi connectivity index (χ3n) is 5.06. The molecule has 0 N–H and O–H groups in total. The van der Waals surface area contributed by atoms with Crippen molar-refractivity contribution in [3.63, 3.8) is 0 Å². The van der Waals surface area contributed by atoms with Crippen molar-refractivity contribution in [3.05, 3.63) is 20.9 Å². The lowest BCUT2D eigenvalue weighted by atomic mass is 10.1. The van der Waals surface area contributed by atoms with Crippen LogP contribution in [0.3, 0.4) is 0 Å². The Labute approximate surface area is 187 Å². The lowest BCUT2D eigenvalue weighted by Gasteiger charge is -2.24. The van der Waals surface area contributed by atoms with Gasteiger partial charge in [0.2, 0.25) is 0 Å². The number of esters is 3. The van der Waals surface area contributed by atoms with Crippen LogP contribution in [-0.4, -0.2) is 61.5 Å². The van der Waals surface area contributed by atoms with Gasteiger partial charge in [0.15, 0.2) is 24.1 Å². The SMILES string of the molecule is CC(=O)OC[C@H]1O[C@@H](n2c(C)nc3c2c(=S)n(C)c(=O)n3C)[C@H](OC(C)=O)[C@@H]1OC(C)=O. The van der Waals surface area contributed by atoms with Crippen LogP contribution >= 0.6 is 12.2 Å². The Morgan fingerprint density at radius 3 is 2.19 bits per heavy atom. The van der Waals surface area contributed by atoms with E-state index in [9.17, 15) is 19.2 Å². The average Bonchev–Trinajstić information content (AvgIpc) is 3.20. The molecule has 0 amide bonds. The number of imidazole rings is 1. The predicted molar refractivity (Wildman–Crippen MR) is 111 cm³/mol. The first-order chi connectivity index (χ1) is 14.9. The molecule has 2 aromatic heterocycles. The van der Waals surface area contributed by atoms with E-state index in [0.717, 1.165) is 0 Å². The van der Waals surface area contributed by atoms with Gasteiger partial charge in [-0.05, 0) is 6.92 Å². The van der Waals surface area contributed by atoms with Crippen molar-refractivity contribution in [1.82, 2.24) is 18.7 Å². The second-order valence-corrected chi connectivity index (χ2v) is 7.81. The number of fused-ring (bicyclic) bond motifs is 1. The van der Waals surface area contributed by atoms with Crippen LogP contribution in [0, 0.1) is 11.6 Å². The smallest absolute Gasteiger partial charge is 0.330 e. The van der Waals surface area contributed by atoms with Gasteiger partial charge in [-0.15, -0.1) is 0 Å². The normalized spacial score (nSPS) is 22.7. The van der Waals surface area contributed by atoms with Gasteiger partial charge in [-0.2, -0.15) is 0 Å². The predicted octanol–water partition coefficient (Wildman–Crippen LogP) is 0.435. The van der Waals surface area contributed by atoms with E-state index in [0.29, 0.717) is 17.0 Å². The van der Waals surface area contributed by atoms with E-state index in [1.807, 2.05) is 0 Å². The van der Waals surface area contributed by atoms with Crippen LogP contribution in [0.5, 0.6) is 0 Å². The molecule has 0 saturated carbocycles. The first kappa shape index (κ1) is 23.6. The van der Waals surface area contributed by atoms with Gasteiger partial charge in [-0.3, -0.25) is 28.1 Å². The second kappa shape index (κ2) is 8.82. The third kappa shape index (κ3) is 4.17. The topological polar surface area (TPSA) is 133 Å². The molecule has 4 atom stereocenters. The Bertz CT molecular complexity index is 1210. The van der Waals surface area contributed by atoms with Gasteiger partial charge in [0, 0.05) is 34.9 Å². The Balaban J connectivity index is 2.21. The Hall–Kier alpha value is -3.06. The molecule has 1 saturated heterocycles. The summed E-state index contributed by atoms with van der Waals surface area (Å²) in [5.74, 6) is -1.40. The molecule has 0 radical (unpaired) electrons. The van der Waals surface area contributed by atoms with Crippen molar-refractivity contribution in [2.75, 3.05) is 6.61 Å². The number of ether oxygens (including phenoxy) is 4. The zero-order chi connectivity index (χ0) is 23.9. The van der Waals surface area contributed by atoms with Crippen LogP contribution in [0.4, 0.5) is 0 Å². The highest BCUT2D eigenvalue weighted by Gasteiger charge is 2.51. The third-order valence-corrected chi connectivity index (χ3v) is 5.53. The molecule has 32 heavy (non-hydrogen) atoms. The van der Waals surface area contributed by atoms with Crippen molar-refractivity contribution in [2.45, 2.75) is 52.2 Å². The van der Waals surface area contributed by atoms with E-state index >= 15 is 0 Å². The summed E-state index contributed by atoms with van der Waals surface area (Å²) in [6.07, 6.45) is -4.10. The van der Waals surface area contributed by atoms with Gasteiger partial charge in [-0.1, -0.05) is 12.2 Å². The molecule has 3 rings (SSSR count). The maximum absolute atomic E-state index is 12.4. The number of rotatable bonds is 5. The molecule has 1 fully saturated rings. The highest BCUT2D eigenvalue weighted by Crippen LogP contribution is 2.37. The lowest BCUT2D eigenvalue weighted by Crippen LogP contribution is -2.40. The maximum atomic E-state index is 12.4. The number of carbonyl (C=O) groups excluding carboxylic acids is 3. The molecular formula is C19H24N4O8S. The maximum Gasteiger partial charge on any atom is 0.330 e. The lowest BCUT2D eigenvalue weighted by molar-refractivity contribution is -0.166. The van der Waals surface area contributed by atoms with Crippen molar-refractivity contribution in [1.29, 1.82) is 0 Å². The Morgan fingerprint density at radius 2 is 1.62 bits per heavy atom. The van der Waals surface area contributed by atoms with Gasteiger partial charge in [0.1, 0.15) is 28.7 Å².